The molecule has 0 amide bonds. The van der Waals surface area contributed by atoms with Gasteiger partial charge in [-0.05, 0) is 32.1 Å². The van der Waals surface area contributed by atoms with Crippen LogP contribution in [0.15, 0.2) is 0 Å². The van der Waals surface area contributed by atoms with Crippen molar-refractivity contribution in [1.29, 1.82) is 0 Å². The molecule has 0 aliphatic rings. The van der Waals surface area contributed by atoms with Crippen LogP contribution >= 0.6 is 0 Å². The molecule has 0 aromatic rings. The standard InChI is InChI=1S/C14H24F5O2S/c1-2-7-12(20)8-4-3-5-10-22(21)11-6-9-13(15,16)14(17,18)19/h12,20H,1-11H2. The Labute approximate surface area is 131 Å². The van der Waals surface area contributed by atoms with Crippen LogP contribution in [0.2, 0.25) is 0 Å². The highest BCUT2D eigenvalue weighted by atomic mass is 32.2. The fourth-order valence-corrected chi connectivity index (χ4v) is 3.10. The first-order chi connectivity index (χ1) is 10.1. The van der Waals surface area contributed by atoms with Gasteiger partial charge in [0.25, 0.3) is 0 Å². The Kier molecular flexibility index (Phi) is 10.6. The fourth-order valence-electron chi connectivity index (χ4n) is 1.90. The highest BCUT2D eigenvalue weighted by Crippen LogP contribution is 2.38. The third-order valence-corrected chi connectivity index (χ3v) is 4.71. The predicted octanol–water partition coefficient (Wildman–Crippen LogP) is 4.25. The Morgan fingerprint density at radius 2 is 1.55 bits per heavy atom. The quantitative estimate of drug-likeness (QED) is 0.324. The van der Waals surface area contributed by atoms with Crippen LogP contribution in [-0.2, 0) is 11.2 Å². The van der Waals surface area contributed by atoms with Crippen LogP contribution in [0.25, 0.3) is 0 Å². The summed E-state index contributed by atoms with van der Waals surface area (Å²) in [5, 5.41) is 9.45. The maximum absolute atomic E-state index is 12.6. The summed E-state index contributed by atoms with van der Waals surface area (Å²) < 4.78 is 72.5. The normalized spacial score (nSPS) is 15.8. The van der Waals surface area contributed by atoms with E-state index in [-0.39, 0.29) is 11.9 Å². The van der Waals surface area contributed by atoms with Crippen LogP contribution in [0.3, 0.4) is 0 Å². The number of halogens is 5. The fraction of sp³-hybridized carbons (Fsp3) is 0.929. The molecule has 0 aromatic carbocycles. The van der Waals surface area contributed by atoms with Crippen molar-refractivity contribution < 1.29 is 31.6 Å². The number of unbranched alkanes of at least 4 members (excludes halogenated alkanes) is 2. The highest BCUT2D eigenvalue weighted by molar-refractivity contribution is 7.91. The van der Waals surface area contributed by atoms with Gasteiger partial charge in [0.2, 0.25) is 0 Å². The summed E-state index contributed by atoms with van der Waals surface area (Å²) in [4.78, 5) is 0. The van der Waals surface area contributed by atoms with Gasteiger partial charge < -0.3 is 9.66 Å². The van der Waals surface area contributed by atoms with E-state index in [2.05, 4.69) is 6.92 Å². The molecule has 2 unspecified atom stereocenters. The molecule has 0 aromatic heterocycles. The molecule has 2 nitrogen and oxygen atoms in total. The Morgan fingerprint density at radius 3 is 2.09 bits per heavy atom. The average Bonchev–Trinajstić information content (AvgIpc) is 2.37. The molecule has 0 heterocycles. The van der Waals surface area contributed by atoms with Gasteiger partial charge in [-0.3, -0.25) is 0 Å². The first kappa shape index (κ1) is 21.9. The molecular weight excluding hydrogens is 327 g/mol. The molecule has 2 atom stereocenters. The van der Waals surface area contributed by atoms with E-state index in [1.807, 2.05) is 0 Å². The zero-order valence-corrected chi connectivity index (χ0v) is 13.3. The molecule has 0 saturated heterocycles. The predicted molar refractivity (Wildman–Crippen MR) is 77.2 cm³/mol. The van der Waals surface area contributed by atoms with Crippen LogP contribution in [0.4, 0.5) is 22.0 Å². The molecule has 0 rings (SSSR count). The third-order valence-electron chi connectivity index (χ3n) is 3.22. The van der Waals surface area contributed by atoms with E-state index in [9.17, 15) is 31.6 Å². The summed E-state index contributed by atoms with van der Waals surface area (Å²) in [6.45, 7) is 3.63. The summed E-state index contributed by atoms with van der Waals surface area (Å²) in [6, 6.07) is 0. The molecular formula is C14H24F5O2S. The van der Waals surface area contributed by atoms with Crippen molar-refractivity contribution in [3.8, 4) is 0 Å². The molecule has 1 N–H and O–H groups in total. The van der Waals surface area contributed by atoms with Crippen LogP contribution in [-0.4, -0.2) is 39.4 Å². The van der Waals surface area contributed by atoms with Crippen molar-refractivity contribution in [2.75, 3.05) is 11.5 Å². The van der Waals surface area contributed by atoms with Gasteiger partial charge in [-0.1, -0.05) is 30.9 Å². The molecule has 0 aliphatic heterocycles. The minimum absolute atomic E-state index is 0.143. The van der Waals surface area contributed by atoms with Gasteiger partial charge in [-0.2, -0.15) is 22.0 Å². The van der Waals surface area contributed by atoms with E-state index in [0.717, 1.165) is 12.8 Å². The monoisotopic (exact) mass is 351 g/mol. The lowest BCUT2D eigenvalue weighted by molar-refractivity contribution is -0.284. The maximum atomic E-state index is 12.6. The zero-order chi connectivity index (χ0) is 17.2. The molecule has 133 valence electrons. The van der Waals surface area contributed by atoms with E-state index in [1.54, 1.807) is 0 Å². The number of hydrogen-bond acceptors (Lipinski definition) is 2. The lowest BCUT2D eigenvalue weighted by Crippen LogP contribution is -2.36. The Morgan fingerprint density at radius 1 is 0.955 bits per heavy atom. The zero-order valence-electron chi connectivity index (χ0n) is 12.5. The topological polar surface area (TPSA) is 43.3 Å². The molecule has 0 saturated carbocycles. The molecule has 0 bridgehead atoms. The summed E-state index contributed by atoms with van der Waals surface area (Å²) in [5.41, 5.74) is 0. The summed E-state index contributed by atoms with van der Waals surface area (Å²) in [5.74, 6) is -4.56. The van der Waals surface area contributed by atoms with Gasteiger partial charge in [-0.25, -0.2) is 0 Å². The minimum Gasteiger partial charge on any atom is -0.616 e. The largest absolute Gasteiger partial charge is 0.616 e. The van der Waals surface area contributed by atoms with Gasteiger partial charge in [0, 0.05) is 6.42 Å². The van der Waals surface area contributed by atoms with Gasteiger partial charge >= 0.3 is 12.1 Å². The van der Waals surface area contributed by atoms with Crippen LogP contribution in [0.1, 0.15) is 51.4 Å². The van der Waals surface area contributed by atoms with E-state index >= 15 is 0 Å². The molecule has 22 heavy (non-hydrogen) atoms. The molecule has 0 aliphatic carbocycles. The lowest BCUT2D eigenvalue weighted by atomic mass is 10.1. The lowest BCUT2D eigenvalue weighted by Gasteiger charge is -2.19. The number of rotatable bonds is 12. The smallest absolute Gasteiger partial charge is 0.453 e. The average molecular weight is 351 g/mol. The van der Waals surface area contributed by atoms with Gasteiger partial charge in [0.1, 0.15) is 11.5 Å². The first-order valence-corrected chi connectivity index (χ1v) is 8.86. The van der Waals surface area contributed by atoms with Crippen molar-refractivity contribution in [3.05, 3.63) is 6.92 Å². The van der Waals surface area contributed by atoms with Crippen LogP contribution in [0, 0.1) is 6.92 Å². The SMILES string of the molecule is [CH2]CCC(O)CCCCC[S+]([O-])CCCC(F)(F)C(F)(F)F. The van der Waals surface area contributed by atoms with Crippen molar-refractivity contribution >= 4 is 11.2 Å². The summed E-state index contributed by atoms with van der Waals surface area (Å²) >= 11 is -1.37. The number of aliphatic hydroxyl groups is 1. The molecule has 0 fully saturated rings. The Hall–Kier alpha value is -0.0800. The molecule has 1 radical (unpaired) electrons. The van der Waals surface area contributed by atoms with Crippen LogP contribution < -0.4 is 0 Å². The highest BCUT2D eigenvalue weighted by Gasteiger charge is 2.56. The second-order valence-corrected chi connectivity index (χ2v) is 7.00. The maximum Gasteiger partial charge on any atom is 0.453 e. The number of aliphatic hydroxyl groups excluding tert-OH is 1. The van der Waals surface area contributed by atoms with E-state index < -0.39 is 36.1 Å². The van der Waals surface area contributed by atoms with E-state index in [0.29, 0.717) is 31.4 Å². The first-order valence-electron chi connectivity index (χ1n) is 7.37. The van der Waals surface area contributed by atoms with Crippen molar-refractivity contribution in [1.82, 2.24) is 0 Å². The minimum atomic E-state index is -5.54. The van der Waals surface area contributed by atoms with Gasteiger partial charge in [0.15, 0.2) is 0 Å². The van der Waals surface area contributed by atoms with E-state index in [4.69, 9.17) is 0 Å². The van der Waals surface area contributed by atoms with Crippen molar-refractivity contribution in [2.45, 2.75) is 69.6 Å². The third kappa shape index (κ3) is 9.84. The summed E-state index contributed by atoms with van der Waals surface area (Å²) in [7, 11) is 0. The Bertz CT molecular complexity index is 287. The van der Waals surface area contributed by atoms with Crippen molar-refractivity contribution in [2.24, 2.45) is 0 Å². The van der Waals surface area contributed by atoms with Crippen molar-refractivity contribution in [3.63, 3.8) is 0 Å². The Balaban J connectivity index is 3.65. The molecule has 8 heteroatoms. The number of hydrogen-bond donors (Lipinski definition) is 1. The van der Waals surface area contributed by atoms with Gasteiger partial charge in [-0.15, -0.1) is 0 Å². The summed E-state index contributed by atoms with van der Waals surface area (Å²) in [6.07, 6.45) is -3.59. The number of alkyl halides is 5. The second kappa shape index (κ2) is 10.6. The van der Waals surface area contributed by atoms with E-state index in [1.165, 1.54) is 0 Å². The second-order valence-electron chi connectivity index (χ2n) is 5.30. The van der Waals surface area contributed by atoms with Gasteiger partial charge in [0.05, 0.1) is 6.10 Å². The van der Waals surface area contributed by atoms with Crippen LogP contribution in [0.5, 0.6) is 0 Å². The molecule has 0 spiro atoms.